The van der Waals surface area contributed by atoms with E-state index in [9.17, 15) is 9.59 Å². The van der Waals surface area contributed by atoms with E-state index in [-0.39, 0.29) is 17.7 Å². The summed E-state index contributed by atoms with van der Waals surface area (Å²) < 4.78 is 1.71. The first-order chi connectivity index (χ1) is 16.1. The summed E-state index contributed by atoms with van der Waals surface area (Å²) in [4.78, 5) is 40.7. The average Bonchev–Trinajstić information content (AvgIpc) is 3.61. The zero-order valence-corrected chi connectivity index (χ0v) is 19.1. The third-order valence-electron chi connectivity index (χ3n) is 5.47. The number of carbonyl (C=O) groups excluding carboxylic acids is 2. The predicted octanol–water partition coefficient (Wildman–Crippen LogP) is 2.79. The summed E-state index contributed by atoms with van der Waals surface area (Å²) in [5, 5.41) is 9.78. The van der Waals surface area contributed by atoms with Crippen LogP contribution < -0.4 is 10.6 Å². The van der Waals surface area contributed by atoms with E-state index >= 15 is 0 Å². The smallest absolute Gasteiger partial charge is 0.263 e. The first kappa shape index (κ1) is 22.6. The number of hydrogen-bond donors (Lipinski definition) is 3. The van der Waals surface area contributed by atoms with Gasteiger partial charge in [-0.05, 0) is 25.0 Å². The fourth-order valence-electron chi connectivity index (χ4n) is 3.62. The number of aromatic nitrogens is 6. The summed E-state index contributed by atoms with van der Waals surface area (Å²) in [7, 11) is 1.65. The van der Waals surface area contributed by atoms with E-state index in [1.54, 1.807) is 29.5 Å². The summed E-state index contributed by atoms with van der Waals surface area (Å²) in [5.41, 5.74) is 4.25. The largest absolute Gasteiger partial charge is 0.359 e. The summed E-state index contributed by atoms with van der Waals surface area (Å²) in [6.07, 6.45) is 10.8. The number of nitrogens with one attached hydrogen (secondary N) is 3. The minimum absolute atomic E-state index is 0.0208. The molecule has 172 valence electrons. The Morgan fingerprint density at radius 2 is 2.12 bits per heavy atom. The van der Waals surface area contributed by atoms with Gasteiger partial charge in [0.1, 0.15) is 17.0 Å². The van der Waals surface area contributed by atoms with Crippen LogP contribution in [0.3, 0.4) is 0 Å². The summed E-state index contributed by atoms with van der Waals surface area (Å²) >= 11 is 1.31. The van der Waals surface area contributed by atoms with Crippen LogP contribution in [0.25, 0.3) is 16.9 Å². The lowest BCUT2D eigenvalue weighted by molar-refractivity contribution is -0.120. The molecule has 4 rings (SSSR count). The summed E-state index contributed by atoms with van der Waals surface area (Å²) in [5.74, 6) is 0.768. The van der Waals surface area contributed by atoms with Crippen molar-refractivity contribution >= 4 is 28.8 Å². The maximum absolute atomic E-state index is 12.4. The zero-order valence-electron chi connectivity index (χ0n) is 18.3. The van der Waals surface area contributed by atoms with Crippen LogP contribution in [0, 0.1) is 0 Å². The molecule has 0 aliphatic rings. The molecule has 2 amide bonds. The number of rotatable bonds is 11. The van der Waals surface area contributed by atoms with Gasteiger partial charge < -0.3 is 15.6 Å². The van der Waals surface area contributed by atoms with Crippen LogP contribution in [-0.4, -0.2) is 55.0 Å². The van der Waals surface area contributed by atoms with Crippen molar-refractivity contribution < 1.29 is 9.59 Å². The highest BCUT2D eigenvalue weighted by Gasteiger charge is 2.18. The third kappa shape index (κ3) is 5.80. The Morgan fingerprint density at radius 1 is 1.21 bits per heavy atom. The van der Waals surface area contributed by atoms with Crippen LogP contribution in [0.1, 0.15) is 53.5 Å². The Balaban J connectivity index is 1.43. The van der Waals surface area contributed by atoms with E-state index in [1.807, 2.05) is 18.3 Å². The van der Waals surface area contributed by atoms with Crippen molar-refractivity contribution in [1.29, 1.82) is 0 Å². The Kier molecular flexibility index (Phi) is 7.40. The van der Waals surface area contributed by atoms with Gasteiger partial charge in [-0.3, -0.25) is 14.6 Å². The van der Waals surface area contributed by atoms with Crippen molar-refractivity contribution in [2.24, 2.45) is 0 Å². The topological polar surface area (TPSA) is 130 Å². The monoisotopic (exact) mass is 466 g/mol. The molecule has 0 bridgehead atoms. The van der Waals surface area contributed by atoms with Gasteiger partial charge in [-0.2, -0.15) is 5.10 Å². The molecule has 0 aromatic carbocycles. The van der Waals surface area contributed by atoms with E-state index in [1.165, 1.54) is 17.7 Å². The van der Waals surface area contributed by atoms with Gasteiger partial charge in [0.05, 0.1) is 23.6 Å². The van der Waals surface area contributed by atoms with Gasteiger partial charge in [0.2, 0.25) is 5.91 Å². The Hall–Kier alpha value is -3.60. The molecule has 0 saturated heterocycles. The second kappa shape index (κ2) is 10.8. The molecular weight excluding hydrogens is 440 g/mol. The van der Waals surface area contributed by atoms with E-state index in [0.717, 1.165) is 48.4 Å². The standard InChI is InChI=1S/C22H26N8O2S/c1-23-20(31)6-4-2-3-5-16(10-26-22(32)18-12-24-14-33-18)21-25-11-17(29-21)15-7-8-30-19(9-15)27-13-28-30/h7-9,11-14,16H,2-6,10H2,1H3,(H,23,31)(H,25,29)(H,26,32). The van der Waals surface area contributed by atoms with Crippen LogP contribution in [0.2, 0.25) is 0 Å². The zero-order chi connectivity index (χ0) is 23.0. The lowest BCUT2D eigenvalue weighted by Gasteiger charge is -2.15. The van der Waals surface area contributed by atoms with Gasteiger partial charge in [0, 0.05) is 37.7 Å². The number of hydrogen-bond acceptors (Lipinski definition) is 7. The molecule has 3 N–H and O–H groups in total. The van der Waals surface area contributed by atoms with E-state index in [2.05, 4.69) is 35.7 Å². The van der Waals surface area contributed by atoms with Crippen LogP contribution in [0.5, 0.6) is 0 Å². The van der Waals surface area contributed by atoms with Crippen molar-refractivity contribution in [2.75, 3.05) is 13.6 Å². The second-order valence-electron chi connectivity index (χ2n) is 7.71. The van der Waals surface area contributed by atoms with E-state index in [0.29, 0.717) is 17.8 Å². The minimum Gasteiger partial charge on any atom is -0.359 e. The average molecular weight is 467 g/mol. The first-order valence-electron chi connectivity index (χ1n) is 10.9. The molecule has 1 unspecified atom stereocenters. The molecule has 0 saturated carbocycles. The first-order valence-corrected chi connectivity index (χ1v) is 11.7. The minimum atomic E-state index is -0.133. The van der Waals surface area contributed by atoms with Gasteiger partial charge >= 0.3 is 0 Å². The van der Waals surface area contributed by atoms with Gasteiger partial charge in [0.15, 0.2) is 5.65 Å². The van der Waals surface area contributed by atoms with Gasteiger partial charge in [-0.25, -0.2) is 14.5 Å². The number of carbonyl (C=O) groups is 2. The highest BCUT2D eigenvalue weighted by molar-refractivity contribution is 7.11. The van der Waals surface area contributed by atoms with Crippen molar-refractivity contribution in [3.63, 3.8) is 0 Å². The number of thiazole rings is 1. The molecule has 1 atom stereocenters. The maximum Gasteiger partial charge on any atom is 0.263 e. The highest BCUT2D eigenvalue weighted by atomic mass is 32.1. The number of imidazole rings is 1. The Labute approximate surface area is 194 Å². The second-order valence-corrected chi connectivity index (χ2v) is 8.59. The summed E-state index contributed by atoms with van der Waals surface area (Å²) in [6.45, 7) is 0.461. The molecular formula is C22H26N8O2S. The Bertz CT molecular complexity index is 1200. The molecule has 33 heavy (non-hydrogen) atoms. The molecule has 4 heterocycles. The Morgan fingerprint density at radius 3 is 2.94 bits per heavy atom. The van der Waals surface area contributed by atoms with Crippen LogP contribution in [0.15, 0.2) is 42.6 Å². The van der Waals surface area contributed by atoms with E-state index in [4.69, 9.17) is 0 Å². The molecule has 4 aromatic rings. The normalized spacial score (nSPS) is 12.0. The van der Waals surface area contributed by atoms with Crippen molar-refractivity contribution in [3.8, 4) is 11.3 Å². The molecule has 0 aliphatic carbocycles. The van der Waals surface area contributed by atoms with Gasteiger partial charge in [-0.15, -0.1) is 11.3 Å². The number of nitrogens with zero attached hydrogens (tertiary/aromatic N) is 5. The van der Waals surface area contributed by atoms with Gasteiger partial charge in [-0.1, -0.05) is 12.8 Å². The number of pyridine rings is 1. The predicted molar refractivity (Wildman–Crippen MR) is 125 cm³/mol. The molecule has 0 fully saturated rings. The van der Waals surface area contributed by atoms with E-state index < -0.39 is 0 Å². The molecule has 0 spiro atoms. The van der Waals surface area contributed by atoms with Crippen molar-refractivity contribution in [1.82, 2.24) is 40.2 Å². The third-order valence-corrected chi connectivity index (χ3v) is 6.25. The summed E-state index contributed by atoms with van der Waals surface area (Å²) in [6, 6.07) is 3.90. The van der Waals surface area contributed by atoms with Crippen molar-refractivity contribution in [3.05, 3.63) is 53.3 Å². The molecule has 4 aromatic heterocycles. The molecule has 11 heteroatoms. The van der Waals surface area contributed by atoms with Crippen LogP contribution >= 0.6 is 11.3 Å². The molecule has 0 aliphatic heterocycles. The SMILES string of the molecule is CNC(=O)CCCCCC(CNC(=O)c1cncs1)c1ncc(-c2ccn3ncnc3c2)[nH]1. The number of fused-ring (bicyclic) bond motifs is 1. The number of H-pyrrole nitrogens is 1. The fourth-order valence-corrected chi connectivity index (χ4v) is 4.15. The fraction of sp³-hybridized carbons (Fsp3) is 0.364. The lowest BCUT2D eigenvalue weighted by Crippen LogP contribution is -2.28. The quantitative estimate of drug-likeness (QED) is 0.291. The number of unbranched alkanes of at least 4 members (excludes halogenated alkanes) is 2. The van der Waals surface area contributed by atoms with Gasteiger partial charge in [0.25, 0.3) is 5.91 Å². The number of aromatic amines is 1. The number of amides is 2. The highest BCUT2D eigenvalue weighted by Crippen LogP contribution is 2.24. The molecule has 0 radical (unpaired) electrons. The van der Waals surface area contributed by atoms with Crippen LogP contribution in [0.4, 0.5) is 0 Å². The van der Waals surface area contributed by atoms with Crippen LogP contribution in [-0.2, 0) is 4.79 Å². The molecule has 10 nitrogen and oxygen atoms in total. The maximum atomic E-state index is 12.4. The van der Waals surface area contributed by atoms with Crippen molar-refractivity contribution in [2.45, 2.75) is 38.0 Å². The lowest BCUT2D eigenvalue weighted by atomic mass is 9.99.